The van der Waals surface area contributed by atoms with Crippen molar-refractivity contribution in [1.82, 2.24) is 5.32 Å². The highest BCUT2D eigenvalue weighted by atomic mass is 79.9. The van der Waals surface area contributed by atoms with Gasteiger partial charge in [-0.15, -0.1) is 12.4 Å². The van der Waals surface area contributed by atoms with Gasteiger partial charge < -0.3 is 15.2 Å². The fourth-order valence-corrected chi connectivity index (χ4v) is 1.99. The monoisotopic (exact) mass is 338 g/mol. The molecule has 1 saturated heterocycles. The van der Waals surface area contributed by atoms with Crippen molar-refractivity contribution in [1.29, 1.82) is 0 Å². The summed E-state index contributed by atoms with van der Waals surface area (Å²) in [5.41, 5.74) is 0.0720. The van der Waals surface area contributed by atoms with Crippen LogP contribution in [0, 0.1) is 10.1 Å². The van der Waals surface area contributed by atoms with Crippen molar-refractivity contribution in [3.8, 4) is 5.75 Å². The molecular formula is C9H8BrClN2O5. The van der Waals surface area contributed by atoms with E-state index in [0.717, 1.165) is 0 Å². The number of halogens is 2. The molecule has 1 amide bonds. The quantitative estimate of drug-likeness (QED) is 0.635. The van der Waals surface area contributed by atoms with E-state index in [1.165, 1.54) is 12.1 Å². The number of hydrogen-bond donors (Lipinski definition) is 2. The third kappa shape index (κ3) is 2.65. The lowest BCUT2D eigenvalue weighted by Crippen LogP contribution is -2.18. The summed E-state index contributed by atoms with van der Waals surface area (Å²) in [5, 5.41) is 22.9. The molecule has 1 fully saturated rings. The van der Waals surface area contributed by atoms with Crippen LogP contribution in [-0.4, -0.2) is 22.7 Å². The molecule has 2 N–H and O–H groups in total. The Hall–Kier alpha value is -1.54. The Kier molecular flexibility index (Phi) is 4.36. The number of phenolic OH excluding ortho intramolecular Hbond substituents is 1. The summed E-state index contributed by atoms with van der Waals surface area (Å²) in [6.45, 7) is 0.0278. The number of phenols is 1. The molecule has 0 bridgehead atoms. The Morgan fingerprint density at radius 3 is 2.72 bits per heavy atom. The normalized spacial score (nSPS) is 17.6. The molecule has 98 valence electrons. The molecule has 0 spiro atoms. The lowest BCUT2D eigenvalue weighted by atomic mass is 10.1. The summed E-state index contributed by atoms with van der Waals surface area (Å²) in [6, 6.07) is 1.81. The number of nitrogens with zero attached hydrogens (tertiary/aromatic N) is 1. The van der Waals surface area contributed by atoms with Crippen LogP contribution in [0.1, 0.15) is 11.6 Å². The van der Waals surface area contributed by atoms with Crippen LogP contribution >= 0.6 is 28.3 Å². The highest BCUT2D eigenvalue weighted by Crippen LogP contribution is 2.37. The highest BCUT2D eigenvalue weighted by molar-refractivity contribution is 9.10. The van der Waals surface area contributed by atoms with Crippen molar-refractivity contribution in [2.45, 2.75) is 6.04 Å². The summed E-state index contributed by atoms with van der Waals surface area (Å²) < 4.78 is 4.87. The maximum absolute atomic E-state index is 10.9. The van der Waals surface area contributed by atoms with Crippen molar-refractivity contribution in [3.05, 3.63) is 32.3 Å². The van der Waals surface area contributed by atoms with E-state index in [0.29, 0.717) is 0 Å². The van der Waals surface area contributed by atoms with Gasteiger partial charge in [0.1, 0.15) is 12.4 Å². The average Bonchev–Trinajstić information content (AvgIpc) is 2.68. The van der Waals surface area contributed by atoms with Crippen LogP contribution in [0.25, 0.3) is 0 Å². The minimum Gasteiger partial charge on any atom is -0.506 e. The number of amides is 1. The predicted octanol–water partition coefficient (Wildman–Crippen LogP) is 2.27. The van der Waals surface area contributed by atoms with Gasteiger partial charge in [-0.3, -0.25) is 10.1 Å². The van der Waals surface area contributed by atoms with Crippen LogP contribution in [-0.2, 0) is 4.74 Å². The second kappa shape index (κ2) is 5.40. The minimum absolute atomic E-state index is 0. The van der Waals surface area contributed by atoms with Gasteiger partial charge in [-0.25, -0.2) is 4.79 Å². The molecule has 0 radical (unpaired) electrons. The van der Waals surface area contributed by atoms with Crippen LogP contribution in [0.2, 0.25) is 0 Å². The van der Waals surface area contributed by atoms with E-state index >= 15 is 0 Å². The fourth-order valence-electron chi connectivity index (χ4n) is 1.53. The van der Waals surface area contributed by atoms with Crippen LogP contribution in [0.5, 0.6) is 5.75 Å². The first-order valence-electron chi connectivity index (χ1n) is 4.59. The van der Waals surface area contributed by atoms with E-state index in [1.807, 2.05) is 0 Å². The topological polar surface area (TPSA) is 102 Å². The first kappa shape index (κ1) is 14.5. The number of carbonyl (C=O) groups excluding carboxylic acids is 1. The maximum atomic E-state index is 10.9. The van der Waals surface area contributed by atoms with Crippen molar-refractivity contribution < 1.29 is 19.6 Å². The summed E-state index contributed by atoms with van der Waals surface area (Å²) in [7, 11) is 0. The fraction of sp³-hybridized carbons (Fsp3) is 0.222. The Morgan fingerprint density at radius 1 is 1.56 bits per heavy atom. The SMILES string of the molecule is Cl.O=C1N[C@@H](c2cc([N+](=O)[O-])cc(Br)c2O)CO1. The van der Waals surface area contributed by atoms with Crippen LogP contribution in [0.15, 0.2) is 16.6 Å². The second-order valence-corrected chi connectivity index (χ2v) is 4.27. The number of alkyl carbamates (subject to hydrolysis) is 1. The van der Waals surface area contributed by atoms with E-state index in [1.54, 1.807) is 0 Å². The van der Waals surface area contributed by atoms with Crippen LogP contribution in [0.3, 0.4) is 0 Å². The molecule has 1 aliphatic rings. The zero-order valence-electron chi connectivity index (χ0n) is 8.75. The van der Waals surface area contributed by atoms with Gasteiger partial charge in [0.2, 0.25) is 0 Å². The van der Waals surface area contributed by atoms with Crippen molar-refractivity contribution >= 4 is 40.1 Å². The van der Waals surface area contributed by atoms with Gasteiger partial charge in [0.05, 0.1) is 15.4 Å². The molecule has 1 heterocycles. The zero-order chi connectivity index (χ0) is 12.6. The molecule has 0 aromatic heterocycles. The van der Waals surface area contributed by atoms with Crippen LogP contribution < -0.4 is 5.32 Å². The molecular weight excluding hydrogens is 331 g/mol. The Morgan fingerprint density at radius 2 is 2.22 bits per heavy atom. The lowest BCUT2D eigenvalue weighted by molar-refractivity contribution is -0.385. The first-order valence-corrected chi connectivity index (χ1v) is 5.38. The molecule has 1 aliphatic heterocycles. The summed E-state index contributed by atoms with van der Waals surface area (Å²) in [5.74, 6) is -0.147. The van der Waals surface area contributed by atoms with Gasteiger partial charge >= 0.3 is 6.09 Å². The van der Waals surface area contributed by atoms with E-state index in [4.69, 9.17) is 0 Å². The molecule has 0 aliphatic carbocycles. The Bertz CT molecular complexity index is 510. The van der Waals surface area contributed by atoms with Crippen molar-refractivity contribution in [2.75, 3.05) is 6.61 Å². The standard InChI is InChI=1S/C9H7BrN2O5.ClH/c10-6-2-4(12(15)16)1-5(8(6)13)7-3-17-9(14)11-7;/h1-2,7,13H,3H2,(H,11,14);1H/t7-;/m1./s1. The third-order valence-electron chi connectivity index (χ3n) is 2.34. The summed E-state index contributed by atoms with van der Waals surface area (Å²) in [4.78, 5) is 21.0. The minimum atomic E-state index is -0.614. The molecule has 1 aromatic carbocycles. The number of rotatable bonds is 2. The van der Waals surface area contributed by atoms with E-state index in [-0.39, 0.29) is 40.5 Å². The van der Waals surface area contributed by atoms with Gasteiger partial charge in [0.15, 0.2) is 0 Å². The lowest BCUT2D eigenvalue weighted by Gasteiger charge is -2.10. The highest BCUT2D eigenvalue weighted by Gasteiger charge is 2.28. The molecule has 0 unspecified atom stereocenters. The Labute approximate surface area is 116 Å². The van der Waals surface area contributed by atoms with Gasteiger partial charge in [0.25, 0.3) is 5.69 Å². The van der Waals surface area contributed by atoms with Gasteiger partial charge in [-0.2, -0.15) is 0 Å². The van der Waals surface area contributed by atoms with E-state index in [2.05, 4.69) is 26.0 Å². The number of nitro benzene ring substituents is 1. The second-order valence-electron chi connectivity index (χ2n) is 3.42. The summed E-state index contributed by atoms with van der Waals surface area (Å²) >= 11 is 3.02. The van der Waals surface area contributed by atoms with Crippen LogP contribution in [0.4, 0.5) is 10.5 Å². The molecule has 7 nitrogen and oxygen atoms in total. The van der Waals surface area contributed by atoms with Gasteiger partial charge in [0, 0.05) is 17.7 Å². The van der Waals surface area contributed by atoms with E-state index in [9.17, 15) is 20.0 Å². The molecule has 1 aromatic rings. The number of non-ortho nitro benzene ring substituents is 1. The first-order chi connectivity index (χ1) is 7.99. The van der Waals surface area contributed by atoms with Gasteiger partial charge in [-0.05, 0) is 15.9 Å². The number of carbonyl (C=O) groups is 1. The molecule has 0 saturated carbocycles. The Balaban J connectivity index is 0.00000162. The third-order valence-corrected chi connectivity index (χ3v) is 2.94. The van der Waals surface area contributed by atoms with Crippen molar-refractivity contribution in [2.24, 2.45) is 0 Å². The number of cyclic esters (lactones) is 1. The number of benzene rings is 1. The number of ether oxygens (including phenoxy) is 1. The molecule has 2 rings (SSSR count). The predicted molar refractivity (Wildman–Crippen MR) is 66.9 cm³/mol. The number of hydrogen-bond acceptors (Lipinski definition) is 5. The van der Waals surface area contributed by atoms with Crippen molar-refractivity contribution in [3.63, 3.8) is 0 Å². The summed E-state index contributed by atoms with van der Waals surface area (Å²) in [6.07, 6.45) is -0.614. The molecule has 18 heavy (non-hydrogen) atoms. The average molecular weight is 340 g/mol. The maximum Gasteiger partial charge on any atom is 0.407 e. The largest absolute Gasteiger partial charge is 0.506 e. The number of aromatic hydroxyl groups is 1. The van der Waals surface area contributed by atoms with E-state index < -0.39 is 17.1 Å². The zero-order valence-corrected chi connectivity index (χ0v) is 11.2. The number of nitro groups is 1. The smallest absolute Gasteiger partial charge is 0.407 e. The molecule has 9 heteroatoms. The number of nitrogens with one attached hydrogen (secondary N) is 1. The van der Waals surface area contributed by atoms with Gasteiger partial charge in [-0.1, -0.05) is 0 Å². The molecule has 1 atom stereocenters.